The molecule has 0 aliphatic heterocycles. The Morgan fingerprint density at radius 3 is 2.22 bits per heavy atom. The average molecular weight is 628 g/mol. The quantitative estimate of drug-likeness (QED) is 0.403. The summed E-state index contributed by atoms with van der Waals surface area (Å²) < 4.78 is 32.5. The molecule has 1 N–H and O–H groups in total. The molecule has 36 heavy (non-hydrogen) atoms. The number of carbonyl (C=O) groups is 2. The van der Waals surface area contributed by atoms with E-state index in [1.807, 2.05) is 12.1 Å². The lowest BCUT2D eigenvalue weighted by molar-refractivity contribution is -0.139. The number of rotatable bonds is 10. The van der Waals surface area contributed by atoms with Crippen molar-refractivity contribution in [2.24, 2.45) is 0 Å². The molecule has 2 aromatic rings. The first kappa shape index (κ1) is 28.2. The molecule has 1 saturated carbocycles. The number of nitrogens with one attached hydrogen (secondary N) is 1. The van der Waals surface area contributed by atoms with E-state index in [1.54, 1.807) is 50.4 Å². The van der Waals surface area contributed by atoms with Gasteiger partial charge >= 0.3 is 0 Å². The zero-order valence-corrected chi connectivity index (χ0v) is 23.9. The Morgan fingerprint density at radius 1 is 1.06 bits per heavy atom. The molecule has 0 unspecified atom stereocenters. The topological polar surface area (TPSA) is 96.0 Å². The summed E-state index contributed by atoms with van der Waals surface area (Å²) in [5, 5.41) is 3.09. The van der Waals surface area contributed by atoms with Crippen molar-refractivity contribution < 1.29 is 22.7 Å². The van der Waals surface area contributed by atoms with Gasteiger partial charge in [0, 0.05) is 16.2 Å². The van der Waals surface area contributed by atoms with Gasteiger partial charge in [0.2, 0.25) is 21.8 Å². The van der Waals surface area contributed by atoms with E-state index in [0.29, 0.717) is 11.4 Å². The summed E-state index contributed by atoms with van der Waals surface area (Å²) in [6.07, 6.45) is 6.26. The minimum absolute atomic E-state index is 0.103. The van der Waals surface area contributed by atoms with Gasteiger partial charge in [-0.2, -0.15) is 0 Å². The van der Waals surface area contributed by atoms with E-state index in [0.717, 1.165) is 45.4 Å². The fourth-order valence-electron chi connectivity index (χ4n) is 4.30. The standard InChI is InChI=1S/C26H34IN3O5S/c1-19(26(32)28-22-7-5-4-6-8-22)29(17-20-9-15-24(35-2)16-10-20)25(31)18-30(36(3,33)34)23-13-11-21(27)12-14-23/h9-16,19,22H,4-8,17-18H2,1-3H3,(H,28,32)/t19-/m1/s1. The number of amides is 2. The molecule has 0 radical (unpaired) electrons. The summed E-state index contributed by atoms with van der Waals surface area (Å²) in [6.45, 7) is 1.44. The van der Waals surface area contributed by atoms with Gasteiger partial charge < -0.3 is 15.0 Å². The lowest BCUT2D eigenvalue weighted by Crippen LogP contribution is -2.52. The highest BCUT2D eigenvalue weighted by Crippen LogP contribution is 2.22. The maximum absolute atomic E-state index is 13.6. The molecule has 0 aromatic heterocycles. The van der Waals surface area contributed by atoms with Crippen LogP contribution in [0.15, 0.2) is 48.5 Å². The van der Waals surface area contributed by atoms with E-state index >= 15 is 0 Å². The van der Waals surface area contributed by atoms with Crippen LogP contribution in [0.5, 0.6) is 5.75 Å². The molecule has 8 nitrogen and oxygen atoms in total. The molecule has 3 rings (SSSR count). The van der Waals surface area contributed by atoms with E-state index in [2.05, 4.69) is 27.9 Å². The second kappa shape index (κ2) is 12.8. The molecule has 0 bridgehead atoms. The number of methoxy groups -OCH3 is 1. The summed E-state index contributed by atoms with van der Waals surface area (Å²) in [5.41, 5.74) is 1.21. The third kappa shape index (κ3) is 7.83. The molecular weight excluding hydrogens is 593 g/mol. The van der Waals surface area contributed by atoms with Crippen molar-refractivity contribution in [2.45, 2.75) is 57.7 Å². The highest BCUT2D eigenvalue weighted by molar-refractivity contribution is 14.1. The summed E-state index contributed by atoms with van der Waals surface area (Å²) in [4.78, 5) is 28.2. The predicted molar refractivity (Wildman–Crippen MR) is 149 cm³/mol. The van der Waals surface area contributed by atoms with Crippen molar-refractivity contribution in [3.8, 4) is 5.75 Å². The Kier molecular flexibility index (Phi) is 10.0. The van der Waals surface area contributed by atoms with Crippen LogP contribution in [0.2, 0.25) is 0 Å². The molecule has 0 spiro atoms. The zero-order chi connectivity index (χ0) is 26.3. The highest BCUT2D eigenvalue weighted by Gasteiger charge is 2.31. The van der Waals surface area contributed by atoms with Crippen LogP contribution in [0.4, 0.5) is 5.69 Å². The summed E-state index contributed by atoms with van der Waals surface area (Å²) >= 11 is 2.14. The smallest absolute Gasteiger partial charge is 0.244 e. The number of carbonyl (C=O) groups excluding carboxylic acids is 2. The maximum atomic E-state index is 13.6. The summed E-state index contributed by atoms with van der Waals surface area (Å²) in [5.74, 6) is -0.00769. The van der Waals surface area contributed by atoms with Crippen LogP contribution in [-0.4, -0.2) is 57.1 Å². The lowest BCUT2D eigenvalue weighted by Gasteiger charge is -2.33. The molecule has 1 fully saturated rings. The van der Waals surface area contributed by atoms with Gasteiger partial charge in [-0.25, -0.2) is 8.42 Å². The minimum atomic E-state index is -3.74. The van der Waals surface area contributed by atoms with Crippen molar-refractivity contribution in [3.63, 3.8) is 0 Å². The van der Waals surface area contributed by atoms with Crippen LogP contribution in [0.3, 0.4) is 0 Å². The maximum Gasteiger partial charge on any atom is 0.244 e. The van der Waals surface area contributed by atoms with Gasteiger partial charge in [0.15, 0.2) is 0 Å². The number of benzene rings is 2. The largest absolute Gasteiger partial charge is 0.497 e. The highest BCUT2D eigenvalue weighted by atomic mass is 127. The fraction of sp³-hybridized carbons (Fsp3) is 0.462. The second-order valence-corrected chi connectivity index (χ2v) is 12.3. The monoisotopic (exact) mass is 627 g/mol. The van der Waals surface area contributed by atoms with Gasteiger partial charge in [0.1, 0.15) is 18.3 Å². The van der Waals surface area contributed by atoms with Gasteiger partial charge in [-0.3, -0.25) is 13.9 Å². The van der Waals surface area contributed by atoms with Crippen molar-refractivity contribution in [2.75, 3.05) is 24.2 Å². The van der Waals surface area contributed by atoms with Crippen LogP contribution >= 0.6 is 22.6 Å². The Morgan fingerprint density at radius 2 is 1.67 bits per heavy atom. The zero-order valence-electron chi connectivity index (χ0n) is 20.9. The van der Waals surface area contributed by atoms with Gasteiger partial charge in [-0.1, -0.05) is 31.4 Å². The van der Waals surface area contributed by atoms with Gasteiger partial charge in [-0.15, -0.1) is 0 Å². The molecule has 1 aliphatic rings. The average Bonchev–Trinajstić information content (AvgIpc) is 2.86. The minimum Gasteiger partial charge on any atom is -0.497 e. The number of ether oxygens (including phenoxy) is 1. The molecule has 0 heterocycles. The van der Waals surface area contributed by atoms with Crippen molar-refractivity contribution in [1.29, 1.82) is 0 Å². The van der Waals surface area contributed by atoms with Crippen LogP contribution in [-0.2, 0) is 26.2 Å². The van der Waals surface area contributed by atoms with E-state index in [1.165, 1.54) is 11.3 Å². The third-order valence-corrected chi connectivity index (χ3v) is 8.28. The van der Waals surface area contributed by atoms with Crippen LogP contribution < -0.4 is 14.4 Å². The first-order valence-electron chi connectivity index (χ1n) is 12.0. The third-order valence-electron chi connectivity index (χ3n) is 6.42. The number of anilines is 1. The van der Waals surface area contributed by atoms with Crippen molar-refractivity contribution in [3.05, 3.63) is 57.7 Å². The van der Waals surface area contributed by atoms with E-state index in [4.69, 9.17) is 4.74 Å². The summed E-state index contributed by atoms with van der Waals surface area (Å²) in [6, 6.07) is 13.5. The molecule has 1 atom stereocenters. The van der Waals surface area contributed by atoms with Crippen LogP contribution in [0.1, 0.15) is 44.6 Å². The molecule has 2 amide bonds. The van der Waals surface area contributed by atoms with Gasteiger partial charge in [-0.05, 0) is 84.3 Å². The van der Waals surface area contributed by atoms with E-state index in [-0.39, 0.29) is 18.5 Å². The second-order valence-electron chi connectivity index (χ2n) is 9.14. The predicted octanol–water partition coefficient (Wildman–Crippen LogP) is 3.93. The van der Waals surface area contributed by atoms with Gasteiger partial charge in [0.05, 0.1) is 19.1 Å². The van der Waals surface area contributed by atoms with Gasteiger partial charge in [0.25, 0.3) is 0 Å². The Balaban J connectivity index is 1.85. The van der Waals surface area contributed by atoms with Crippen molar-refractivity contribution in [1.82, 2.24) is 10.2 Å². The number of hydrogen-bond donors (Lipinski definition) is 1. The molecule has 0 saturated heterocycles. The molecule has 10 heteroatoms. The number of hydrogen-bond acceptors (Lipinski definition) is 5. The fourth-order valence-corrected chi connectivity index (χ4v) is 5.51. The SMILES string of the molecule is COc1ccc(CN(C(=O)CN(c2ccc(I)cc2)S(C)(=O)=O)[C@H](C)C(=O)NC2CCCCC2)cc1. The number of nitrogens with zero attached hydrogens (tertiary/aromatic N) is 2. The first-order valence-corrected chi connectivity index (χ1v) is 15.0. The van der Waals surface area contributed by atoms with Crippen LogP contribution in [0.25, 0.3) is 0 Å². The van der Waals surface area contributed by atoms with E-state index in [9.17, 15) is 18.0 Å². The lowest BCUT2D eigenvalue weighted by atomic mass is 9.95. The molecular formula is C26H34IN3O5S. The number of sulfonamides is 1. The molecule has 1 aliphatic carbocycles. The Bertz CT molecular complexity index is 1130. The number of halogens is 1. The normalized spacial score (nSPS) is 15.1. The van der Waals surface area contributed by atoms with Crippen LogP contribution in [0, 0.1) is 3.57 Å². The summed E-state index contributed by atoms with van der Waals surface area (Å²) in [7, 11) is -2.17. The van der Waals surface area contributed by atoms with Crippen molar-refractivity contribution >= 4 is 50.1 Å². The Labute approximate surface area is 227 Å². The molecule has 196 valence electrons. The Hall–Kier alpha value is -2.34. The van der Waals surface area contributed by atoms with E-state index < -0.39 is 28.5 Å². The molecule has 2 aromatic carbocycles. The first-order chi connectivity index (χ1) is 17.1.